The second-order valence-corrected chi connectivity index (χ2v) is 5.72. The van der Waals surface area contributed by atoms with E-state index >= 15 is 0 Å². The molecule has 1 aliphatic rings. The van der Waals surface area contributed by atoms with Crippen molar-refractivity contribution in [2.24, 2.45) is 0 Å². The molecule has 1 rings (SSSR count). The summed E-state index contributed by atoms with van der Waals surface area (Å²) in [5.41, 5.74) is 0. The van der Waals surface area contributed by atoms with E-state index in [2.05, 4.69) is 19.2 Å². The molecule has 0 aromatic heterocycles. The van der Waals surface area contributed by atoms with E-state index in [0.29, 0.717) is 18.2 Å². The third-order valence-corrected chi connectivity index (χ3v) is 4.14. The van der Waals surface area contributed by atoms with Crippen LogP contribution < -0.4 is 5.32 Å². The van der Waals surface area contributed by atoms with Crippen molar-refractivity contribution in [1.82, 2.24) is 5.32 Å². The molecule has 3 nitrogen and oxygen atoms in total. The molecule has 3 atom stereocenters. The summed E-state index contributed by atoms with van der Waals surface area (Å²) in [6, 6.07) is 0.668. The zero-order valence-corrected chi connectivity index (χ0v) is 13.1. The van der Waals surface area contributed by atoms with E-state index in [1.807, 2.05) is 7.11 Å². The van der Waals surface area contributed by atoms with Crippen molar-refractivity contribution in [3.8, 4) is 0 Å². The molecule has 3 heteroatoms. The van der Waals surface area contributed by atoms with Gasteiger partial charge < -0.3 is 14.8 Å². The predicted octanol–water partition coefficient (Wildman–Crippen LogP) is 3.52. The lowest BCUT2D eigenvalue weighted by Crippen LogP contribution is -2.30. The molecule has 0 spiro atoms. The van der Waals surface area contributed by atoms with Crippen LogP contribution in [0.4, 0.5) is 0 Å². The van der Waals surface area contributed by atoms with Crippen molar-refractivity contribution in [2.75, 3.05) is 20.3 Å². The van der Waals surface area contributed by atoms with Crippen molar-refractivity contribution >= 4 is 0 Å². The second kappa shape index (κ2) is 10.6. The van der Waals surface area contributed by atoms with E-state index in [4.69, 9.17) is 9.47 Å². The molecule has 114 valence electrons. The SMILES string of the molecule is CCCNC(CC)CCCOC1CCCC(OC)C1. The van der Waals surface area contributed by atoms with Crippen LogP contribution in [0.3, 0.4) is 0 Å². The van der Waals surface area contributed by atoms with E-state index in [-0.39, 0.29) is 0 Å². The Morgan fingerprint density at radius 3 is 2.68 bits per heavy atom. The minimum atomic E-state index is 0.424. The Labute approximate surface area is 119 Å². The van der Waals surface area contributed by atoms with Gasteiger partial charge in [-0.3, -0.25) is 0 Å². The van der Waals surface area contributed by atoms with Crippen LogP contribution >= 0.6 is 0 Å². The maximum absolute atomic E-state index is 6.01. The zero-order valence-electron chi connectivity index (χ0n) is 13.1. The van der Waals surface area contributed by atoms with E-state index < -0.39 is 0 Å². The summed E-state index contributed by atoms with van der Waals surface area (Å²) in [5.74, 6) is 0. The second-order valence-electron chi connectivity index (χ2n) is 5.72. The van der Waals surface area contributed by atoms with Crippen LogP contribution in [0.15, 0.2) is 0 Å². The summed E-state index contributed by atoms with van der Waals surface area (Å²) in [4.78, 5) is 0. The quantitative estimate of drug-likeness (QED) is 0.617. The number of rotatable bonds is 10. The summed E-state index contributed by atoms with van der Waals surface area (Å²) in [6.07, 6.45) is 10.4. The van der Waals surface area contributed by atoms with Gasteiger partial charge in [-0.25, -0.2) is 0 Å². The molecule has 0 heterocycles. The molecule has 1 saturated carbocycles. The minimum absolute atomic E-state index is 0.424. The number of ether oxygens (including phenoxy) is 2. The maximum atomic E-state index is 6.01. The van der Waals surface area contributed by atoms with Gasteiger partial charge in [-0.15, -0.1) is 0 Å². The first-order valence-corrected chi connectivity index (χ1v) is 8.17. The fourth-order valence-electron chi connectivity index (χ4n) is 2.85. The Balaban J connectivity index is 2.05. The lowest BCUT2D eigenvalue weighted by Gasteiger charge is -2.28. The monoisotopic (exact) mass is 271 g/mol. The fourth-order valence-corrected chi connectivity index (χ4v) is 2.85. The minimum Gasteiger partial charge on any atom is -0.381 e. The Bertz CT molecular complexity index is 211. The molecule has 19 heavy (non-hydrogen) atoms. The van der Waals surface area contributed by atoms with Gasteiger partial charge in [0.05, 0.1) is 12.2 Å². The van der Waals surface area contributed by atoms with Gasteiger partial charge in [0.15, 0.2) is 0 Å². The molecule has 3 unspecified atom stereocenters. The van der Waals surface area contributed by atoms with Crippen molar-refractivity contribution in [3.63, 3.8) is 0 Å². The molecule has 0 amide bonds. The van der Waals surface area contributed by atoms with Gasteiger partial charge >= 0.3 is 0 Å². The molecule has 1 aliphatic carbocycles. The Morgan fingerprint density at radius 2 is 2.00 bits per heavy atom. The van der Waals surface area contributed by atoms with Crippen molar-refractivity contribution in [2.45, 2.75) is 83.5 Å². The van der Waals surface area contributed by atoms with Gasteiger partial charge in [-0.05, 0) is 57.9 Å². The normalized spacial score (nSPS) is 25.4. The Kier molecular flexibility index (Phi) is 9.48. The highest BCUT2D eigenvalue weighted by Gasteiger charge is 2.21. The topological polar surface area (TPSA) is 30.5 Å². The van der Waals surface area contributed by atoms with Crippen LogP contribution in [0, 0.1) is 0 Å². The molecule has 0 aromatic carbocycles. The number of methoxy groups -OCH3 is 1. The number of hydrogen-bond acceptors (Lipinski definition) is 3. The number of hydrogen-bond donors (Lipinski definition) is 1. The average molecular weight is 271 g/mol. The molecule has 0 aromatic rings. The standard InChI is InChI=1S/C16H33NO2/c1-4-11-17-14(5-2)8-7-12-19-16-10-6-9-15(13-16)18-3/h14-17H,4-13H2,1-3H3. The third kappa shape index (κ3) is 7.28. The van der Waals surface area contributed by atoms with Gasteiger partial charge in [0, 0.05) is 19.8 Å². The first-order chi connectivity index (χ1) is 9.30. The highest BCUT2D eigenvalue weighted by Crippen LogP contribution is 2.23. The first kappa shape index (κ1) is 16.9. The van der Waals surface area contributed by atoms with Crippen molar-refractivity contribution in [1.29, 1.82) is 0 Å². The molecule has 1 N–H and O–H groups in total. The van der Waals surface area contributed by atoms with Gasteiger partial charge in [-0.1, -0.05) is 13.8 Å². The van der Waals surface area contributed by atoms with E-state index in [1.165, 1.54) is 44.9 Å². The first-order valence-electron chi connectivity index (χ1n) is 8.17. The highest BCUT2D eigenvalue weighted by molar-refractivity contribution is 4.73. The van der Waals surface area contributed by atoms with Crippen molar-refractivity contribution in [3.05, 3.63) is 0 Å². The largest absolute Gasteiger partial charge is 0.381 e. The summed E-state index contributed by atoms with van der Waals surface area (Å²) in [7, 11) is 1.82. The number of nitrogens with one attached hydrogen (secondary N) is 1. The van der Waals surface area contributed by atoms with Gasteiger partial charge in [-0.2, -0.15) is 0 Å². The molecular formula is C16H33NO2. The Hall–Kier alpha value is -0.120. The van der Waals surface area contributed by atoms with E-state index in [1.54, 1.807) is 0 Å². The molecule has 0 saturated heterocycles. The third-order valence-electron chi connectivity index (χ3n) is 4.14. The highest BCUT2D eigenvalue weighted by atomic mass is 16.5. The fraction of sp³-hybridized carbons (Fsp3) is 1.00. The molecular weight excluding hydrogens is 238 g/mol. The Morgan fingerprint density at radius 1 is 1.21 bits per heavy atom. The van der Waals surface area contributed by atoms with Crippen LogP contribution in [-0.2, 0) is 9.47 Å². The van der Waals surface area contributed by atoms with Crippen LogP contribution in [0.2, 0.25) is 0 Å². The van der Waals surface area contributed by atoms with Gasteiger partial charge in [0.2, 0.25) is 0 Å². The van der Waals surface area contributed by atoms with Crippen LogP contribution in [0.5, 0.6) is 0 Å². The molecule has 1 fully saturated rings. The van der Waals surface area contributed by atoms with Gasteiger partial charge in [0.1, 0.15) is 0 Å². The molecule has 0 aliphatic heterocycles. The average Bonchev–Trinajstić information content (AvgIpc) is 2.47. The van der Waals surface area contributed by atoms with E-state index in [0.717, 1.165) is 19.6 Å². The van der Waals surface area contributed by atoms with Crippen LogP contribution in [-0.4, -0.2) is 38.5 Å². The predicted molar refractivity (Wildman–Crippen MR) is 80.6 cm³/mol. The summed E-state index contributed by atoms with van der Waals surface area (Å²) in [6.45, 7) is 6.53. The summed E-state index contributed by atoms with van der Waals surface area (Å²) >= 11 is 0. The van der Waals surface area contributed by atoms with E-state index in [9.17, 15) is 0 Å². The molecule has 0 radical (unpaired) electrons. The maximum Gasteiger partial charge on any atom is 0.0599 e. The van der Waals surface area contributed by atoms with Crippen molar-refractivity contribution < 1.29 is 9.47 Å². The zero-order chi connectivity index (χ0) is 13.9. The van der Waals surface area contributed by atoms with Crippen LogP contribution in [0.25, 0.3) is 0 Å². The lowest BCUT2D eigenvalue weighted by atomic mass is 9.95. The molecule has 0 bridgehead atoms. The van der Waals surface area contributed by atoms with Gasteiger partial charge in [0.25, 0.3) is 0 Å². The smallest absolute Gasteiger partial charge is 0.0599 e. The summed E-state index contributed by atoms with van der Waals surface area (Å²) in [5, 5.41) is 3.60. The lowest BCUT2D eigenvalue weighted by molar-refractivity contribution is -0.0306. The van der Waals surface area contributed by atoms with Crippen LogP contribution in [0.1, 0.15) is 65.2 Å². The summed E-state index contributed by atoms with van der Waals surface area (Å²) < 4.78 is 11.4.